The molecular weight excluding hydrogens is 458 g/mol. The molecule has 0 unspecified atom stereocenters. The molecule has 1 saturated heterocycles. The number of carbonyl (C=O) groups is 2. The van der Waals surface area contributed by atoms with Crippen LogP contribution in [0.2, 0.25) is 0 Å². The van der Waals surface area contributed by atoms with Gasteiger partial charge in [0.2, 0.25) is 5.91 Å². The van der Waals surface area contributed by atoms with Gasteiger partial charge in [0.05, 0.1) is 12.6 Å². The minimum atomic E-state index is -0.664. The molecule has 0 saturated carbocycles. The number of amides is 2. The highest BCUT2D eigenvalue weighted by Gasteiger charge is 2.22. The van der Waals surface area contributed by atoms with Crippen LogP contribution in [-0.4, -0.2) is 107 Å². The number of aliphatic hydroxyl groups excluding tert-OH is 1. The van der Waals surface area contributed by atoms with Gasteiger partial charge in [-0.15, -0.1) is 0 Å². The van der Waals surface area contributed by atoms with Crippen molar-refractivity contribution in [2.45, 2.75) is 38.0 Å². The van der Waals surface area contributed by atoms with E-state index in [0.717, 1.165) is 45.4 Å². The van der Waals surface area contributed by atoms with Gasteiger partial charge in [-0.3, -0.25) is 19.4 Å². The number of carbonyl (C=O) groups excluding carboxylic acids is 2. The molecule has 10 nitrogen and oxygen atoms in total. The number of aromatic nitrogens is 2. The normalized spacial score (nSPS) is 17.8. The lowest BCUT2D eigenvalue weighted by atomic mass is 10.00. The number of rotatable bonds is 9. The predicted molar refractivity (Wildman–Crippen MR) is 138 cm³/mol. The molecule has 3 N–H and O–H groups in total. The third-order valence-electron chi connectivity index (χ3n) is 6.87. The zero-order valence-corrected chi connectivity index (χ0v) is 21.2. The van der Waals surface area contributed by atoms with Gasteiger partial charge < -0.3 is 20.6 Å². The van der Waals surface area contributed by atoms with Crippen LogP contribution in [0.15, 0.2) is 36.7 Å². The van der Waals surface area contributed by atoms with Crippen molar-refractivity contribution >= 4 is 17.6 Å². The zero-order valence-electron chi connectivity index (χ0n) is 21.2. The Hall–Kier alpha value is -3.08. The van der Waals surface area contributed by atoms with Crippen LogP contribution in [0.5, 0.6) is 0 Å². The van der Waals surface area contributed by atoms with Crippen molar-refractivity contribution in [2.75, 3.05) is 58.7 Å². The van der Waals surface area contributed by atoms with Crippen molar-refractivity contribution in [1.29, 1.82) is 0 Å². The molecule has 2 aliphatic rings. The standard InChI is InChI=1S/C26H37N7O3/c1-31(2)25(35)17-32-11-8-21(9-12-32)30-24-13-23(28-18-29-24)26(36)27-14-22(34)16-33-10-7-19-5-3-4-6-20(19)15-33/h3-6,13,18,21-22,34H,7-12,14-17H2,1-2H3,(H,27,36)(H,28,29,30)/t22-/m0/s1. The number of nitrogens with one attached hydrogen (secondary N) is 2. The van der Waals surface area contributed by atoms with Crippen LogP contribution in [-0.2, 0) is 17.8 Å². The van der Waals surface area contributed by atoms with Gasteiger partial charge in [0.15, 0.2) is 0 Å². The summed E-state index contributed by atoms with van der Waals surface area (Å²) < 4.78 is 0. The summed E-state index contributed by atoms with van der Waals surface area (Å²) >= 11 is 0. The van der Waals surface area contributed by atoms with E-state index in [4.69, 9.17) is 0 Å². The monoisotopic (exact) mass is 495 g/mol. The first-order valence-corrected chi connectivity index (χ1v) is 12.6. The van der Waals surface area contributed by atoms with Crippen LogP contribution in [0.25, 0.3) is 0 Å². The minimum absolute atomic E-state index is 0.110. The molecule has 36 heavy (non-hydrogen) atoms. The molecular formula is C26H37N7O3. The highest BCUT2D eigenvalue weighted by atomic mass is 16.3. The number of aliphatic hydroxyl groups is 1. The summed E-state index contributed by atoms with van der Waals surface area (Å²) in [5.41, 5.74) is 2.93. The number of piperidine rings is 1. The molecule has 0 spiro atoms. The number of β-amino-alcohol motifs (C(OH)–C–C–N with tert-alkyl or cyclic N) is 1. The molecule has 1 fully saturated rings. The van der Waals surface area contributed by atoms with Crippen molar-refractivity contribution in [1.82, 2.24) is 30.0 Å². The number of hydrogen-bond donors (Lipinski definition) is 3. The summed E-state index contributed by atoms with van der Waals surface area (Å²) in [4.78, 5) is 38.9. The Bertz CT molecular complexity index is 1040. The SMILES string of the molecule is CN(C)C(=O)CN1CCC(Nc2cc(C(=O)NC[C@H](O)CN3CCc4ccccc4C3)ncn2)CC1. The van der Waals surface area contributed by atoms with Crippen molar-refractivity contribution in [3.63, 3.8) is 0 Å². The van der Waals surface area contributed by atoms with Crippen LogP contribution in [0.3, 0.4) is 0 Å². The van der Waals surface area contributed by atoms with E-state index in [1.165, 1.54) is 17.5 Å². The number of fused-ring (bicyclic) bond motifs is 1. The van der Waals surface area contributed by atoms with Crippen molar-refractivity contribution in [3.8, 4) is 0 Å². The van der Waals surface area contributed by atoms with Crippen molar-refractivity contribution < 1.29 is 14.7 Å². The summed E-state index contributed by atoms with van der Waals surface area (Å²) in [6.07, 6.45) is 3.46. The number of hydrogen-bond acceptors (Lipinski definition) is 8. The van der Waals surface area contributed by atoms with E-state index in [-0.39, 0.29) is 30.1 Å². The van der Waals surface area contributed by atoms with E-state index >= 15 is 0 Å². The number of anilines is 1. The Morgan fingerprint density at radius 3 is 2.61 bits per heavy atom. The molecule has 1 aromatic heterocycles. The van der Waals surface area contributed by atoms with E-state index in [1.807, 2.05) is 6.07 Å². The maximum atomic E-state index is 12.7. The van der Waals surface area contributed by atoms with Gasteiger partial charge in [-0.25, -0.2) is 9.97 Å². The maximum Gasteiger partial charge on any atom is 0.270 e. The molecule has 1 atom stereocenters. The highest BCUT2D eigenvalue weighted by Crippen LogP contribution is 2.19. The van der Waals surface area contributed by atoms with Gasteiger partial charge in [0, 0.05) is 65.5 Å². The number of likely N-dealkylation sites (N-methyl/N-ethyl adjacent to an activating group) is 1. The number of benzene rings is 1. The highest BCUT2D eigenvalue weighted by molar-refractivity contribution is 5.92. The predicted octanol–water partition coefficient (Wildman–Crippen LogP) is 0.590. The third kappa shape index (κ3) is 7.22. The van der Waals surface area contributed by atoms with Gasteiger partial charge in [0.25, 0.3) is 5.91 Å². The Kier molecular flexibility index (Phi) is 8.84. The van der Waals surface area contributed by atoms with Gasteiger partial charge in [-0.05, 0) is 30.4 Å². The Morgan fingerprint density at radius 2 is 1.86 bits per heavy atom. The summed E-state index contributed by atoms with van der Waals surface area (Å²) in [6.45, 7) is 4.47. The summed E-state index contributed by atoms with van der Waals surface area (Å²) in [6, 6.07) is 10.3. The second-order valence-corrected chi connectivity index (χ2v) is 9.89. The second-order valence-electron chi connectivity index (χ2n) is 9.89. The summed E-state index contributed by atoms with van der Waals surface area (Å²) in [5, 5.41) is 16.7. The molecule has 10 heteroatoms. The molecule has 2 aromatic rings. The van der Waals surface area contributed by atoms with Crippen LogP contribution >= 0.6 is 0 Å². The minimum Gasteiger partial charge on any atom is -0.390 e. The average molecular weight is 496 g/mol. The number of nitrogens with zero attached hydrogens (tertiary/aromatic N) is 5. The molecule has 0 aliphatic carbocycles. The lowest BCUT2D eigenvalue weighted by molar-refractivity contribution is -0.130. The smallest absolute Gasteiger partial charge is 0.270 e. The van der Waals surface area contributed by atoms with Crippen molar-refractivity contribution in [2.24, 2.45) is 0 Å². The first-order chi connectivity index (χ1) is 17.4. The lowest BCUT2D eigenvalue weighted by Gasteiger charge is -2.32. The molecule has 1 aromatic carbocycles. The molecule has 2 aliphatic heterocycles. The van der Waals surface area contributed by atoms with Crippen LogP contribution in [0, 0.1) is 0 Å². The van der Waals surface area contributed by atoms with E-state index in [2.05, 4.69) is 48.6 Å². The molecule has 0 radical (unpaired) electrons. The Morgan fingerprint density at radius 1 is 1.11 bits per heavy atom. The Labute approximate surface area is 212 Å². The topological polar surface area (TPSA) is 114 Å². The fourth-order valence-corrected chi connectivity index (χ4v) is 4.71. The number of likely N-dealkylation sites (tertiary alicyclic amines) is 1. The van der Waals surface area contributed by atoms with E-state index < -0.39 is 6.10 Å². The van der Waals surface area contributed by atoms with Gasteiger partial charge in [-0.1, -0.05) is 24.3 Å². The van der Waals surface area contributed by atoms with Crippen molar-refractivity contribution in [3.05, 3.63) is 53.5 Å². The first-order valence-electron chi connectivity index (χ1n) is 12.6. The molecule has 0 bridgehead atoms. The quantitative estimate of drug-likeness (QED) is 0.463. The first kappa shape index (κ1) is 26.0. The molecule has 194 valence electrons. The molecule has 3 heterocycles. The van der Waals surface area contributed by atoms with Gasteiger partial charge >= 0.3 is 0 Å². The fraction of sp³-hybridized carbons (Fsp3) is 0.538. The molecule has 4 rings (SSSR count). The Balaban J connectivity index is 1.20. The van der Waals surface area contributed by atoms with Crippen LogP contribution in [0.4, 0.5) is 5.82 Å². The molecule has 2 amide bonds. The zero-order chi connectivity index (χ0) is 25.5. The second kappa shape index (κ2) is 12.2. The van der Waals surface area contributed by atoms with Crippen LogP contribution in [0.1, 0.15) is 34.5 Å². The van der Waals surface area contributed by atoms with E-state index in [0.29, 0.717) is 18.9 Å². The summed E-state index contributed by atoms with van der Waals surface area (Å²) in [7, 11) is 3.54. The van der Waals surface area contributed by atoms with E-state index in [9.17, 15) is 14.7 Å². The maximum absolute atomic E-state index is 12.7. The lowest BCUT2D eigenvalue weighted by Crippen LogP contribution is -2.44. The largest absolute Gasteiger partial charge is 0.390 e. The summed E-state index contributed by atoms with van der Waals surface area (Å²) in [5.74, 6) is 0.380. The van der Waals surface area contributed by atoms with E-state index in [1.54, 1.807) is 25.1 Å². The third-order valence-corrected chi connectivity index (χ3v) is 6.87. The van der Waals surface area contributed by atoms with Gasteiger partial charge in [0.1, 0.15) is 17.8 Å². The fourth-order valence-electron chi connectivity index (χ4n) is 4.71. The van der Waals surface area contributed by atoms with Gasteiger partial charge in [-0.2, -0.15) is 0 Å². The van der Waals surface area contributed by atoms with Crippen LogP contribution < -0.4 is 10.6 Å². The average Bonchev–Trinajstić information content (AvgIpc) is 2.88.